The van der Waals surface area contributed by atoms with Crippen molar-refractivity contribution in [1.82, 2.24) is 9.97 Å². The van der Waals surface area contributed by atoms with Gasteiger partial charge < -0.3 is 11.1 Å². The zero-order valence-corrected chi connectivity index (χ0v) is 11.2. The summed E-state index contributed by atoms with van der Waals surface area (Å²) in [4.78, 5) is 7.04. The van der Waals surface area contributed by atoms with E-state index < -0.39 is 11.9 Å². The minimum absolute atomic E-state index is 0.130. The quantitative estimate of drug-likeness (QED) is 0.897. The number of nitrogens with one attached hydrogen (secondary N) is 1. The molecule has 0 amide bonds. The number of thioether (sulfide) groups is 1. The predicted molar refractivity (Wildman–Crippen MR) is 70.0 cm³/mol. The number of nitrogens with two attached hydrogens (primary N) is 1. The highest BCUT2D eigenvalue weighted by Crippen LogP contribution is 2.32. The van der Waals surface area contributed by atoms with E-state index in [9.17, 15) is 13.2 Å². The summed E-state index contributed by atoms with van der Waals surface area (Å²) < 4.78 is 37.9. The van der Waals surface area contributed by atoms with Gasteiger partial charge in [0.15, 0.2) is 5.69 Å². The summed E-state index contributed by atoms with van der Waals surface area (Å²) in [5.74, 6) is -0.221. The smallest absolute Gasteiger partial charge is 0.368 e. The first-order valence-electron chi connectivity index (χ1n) is 5.91. The molecule has 0 aromatic carbocycles. The number of halogens is 3. The van der Waals surface area contributed by atoms with E-state index in [2.05, 4.69) is 15.3 Å². The van der Waals surface area contributed by atoms with E-state index in [1.165, 1.54) is 0 Å². The highest BCUT2D eigenvalue weighted by Gasteiger charge is 2.34. The van der Waals surface area contributed by atoms with Gasteiger partial charge in [-0.15, -0.1) is 0 Å². The fourth-order valence-corrected chi connectivity index (χ4v) is 3.18. The molecule has 1 aromatic heterocycles. The summed E-state index contributed by atoms with van der Waals surface area (Å²) in [6.45, 7) is 0. The van der Waals surface area contributed by atoms with Crippen LogP contribution in [0.1, 0.15) is 25.0 Å². The Balaban J connectivity index is 2.18. The SMILES string of the molecule is CSC1CCCC1Nc1cc(C(F)(F)F)nc(N)n1. The van der Waals surface area contributed by atoms with Gasteiger partial charge in [0, 0.05) is 17.4 Å². The second-order valence-electron chi connectivity index (χ2n) is 4.45. The van der Waals surface area contributed by atoms with Gasteiger partial charge in [0.2, 0.25) is 5.95 Å². The maximum absolute atomic E-state index is 12.6. The van der Waals surface area contributed by atoms with Crippen LogP contribution in [-0.4, -0.2) is 27.5 Å². The van der Waals surface area contributed by atoms with Gasteiger partial charge in [0.25, 0.3) is 0 Å². The second kappa shape index (κ2) is 5.44. The van der Waals surface area contributed by atoms with Crippen LogP contribution in [-0.2, 0) is 6.18 Å². The fourth-order valence-electron chi connectivity index (χ4n) is 2.25. The third kappa shape index (κ3) is 3.43. The van der Waals surface area contributed by atoms with Crippen molar-refractivity contribution in [3.8, 4) is 0 Å². The van der Waals surface area contributed by atoms with Crippen LogP contribution < -0.4 is 11.1 Å². The zero-order chi connectivity index (χ0) is 14.0. The molecule has 0 bridgehead atoms. The summed E-state index contributed by atoms with van der Waals surface area (Å²) in [6, 6.07) is 1.04. The van der Waals surface area contributed by atoms with Gasteiger partial charge in [-0.1, -0.05) is 6.42 Å². The number of alkyl halides is 3. The molecule has 1 aliphatic rings. The Morgan fingerprint density at radius 2 is 2.11 bits per heavy atom. The van der Waals surface area contributed by atoms with Crippen LogP contribution in [0.3, 0.4) is 0 Å². The van der Waals surface area contributed by atoms with Crippen molar-refractivity contribution in [1.29, 1.82) is 0 Å². The second-order valence-corrected chi connectivity index (χ2v) is 5.53. The Morgan fingerprint density at radius 1 is 1.37 bits per heavy atom. The molecule has 0 spiro atoms. The summed E-state index contributed by atoms with van der Waals surface area (Å²) in [5.41, 5.74) is 4.32. The maximum atomic E-state index is 12.6. The molecule has 0 radical (unpaired) electrons. The number of hydrogen-bond donors (Lipinski definition) is 2. The average Bonchev–Trinajstić information content (AvgIpc) is 2.74. The van der Waals surface area contributed by atoms with Crippen LogP contribution in [0.25, 0.3) is 0 Å². The van der Waals surface area contributed by atoms with Crippen molar-refractivity contribution in [2.45, 2.75) is 36.7 Å². The molecule has 1 aliphatic carbocycles. The highest BCUT2D eigenvalue weighted by atomic mass is 32.2. The molecule has 1 fully saturated rings. The van der Waals surface area contributed by atoms with E-state index in [-0.39, 0.29) is 17.8 Å². The van der Waals surface area contributed by atoms with Crippen LogP contribution >= 0.6 is 11.8 Å². The lowest BCUT2D eigenvalue weighted by atomic mass is 10.2. The molecule has 8 heteroatoms. The minimum Gasteiger partial charge on any atom is -0.368 e. The molecular weight excluding hydrogens is 277 g/mol. The van der Waals surface area contributed by atoms with Crippen LogP contribution in [0.5, 0.6) is 0 Å². The number of rotatable bonds is 3. The number of aromatic nitrogens is 2. The Bertz CT molecular complexity index is 452. The lowest BCUT2D eigenvalue weighted by molar-refractivity contribution is -0.141. The molecule has 1 aromatic rings. The third-order valence-corrected chi connectivity index (χ3v) is 4.29. The van der Waals surface area contributed by atoms with Gasteiger partial charge in [-0.25, -0.2) is 4.98 Å². The van der Waals surface area contributed by atoms with Crippen LogP contribution in [0.15, 0.2) is 6.07 Å². The zero-order valence-electron chi connectivity index (χ0n) is 10.4. The molecule has 2 atom stereocenters. The summed E-state index contributed by atoms with van der Waals surface area (Å²) in [7, 11) is 0. The molecule has 1 heterocycles. The molecule has 19 heavy (non-hydrogen) atoms. The molecule has 0 saturated heterocycles. The van der Waals surface area contributed by atoms with Gasteiger partial charge in [-0.2, -0.15) is 29.9 Å². The van der Waals surface area contributed by atoms with Gasteiger partial charge in [-0.3, -0.25) is 0 Å². The molecule has 3 N–H and O–H groups in total. The topological polar surface area (TPSA) is 63.8 Å². The molecule has 0 aliphatic heterocycles. The number of nitrogen functional groups attached to an aromatic ring is 1. The molecule has 2 rings (SSSR count). The van der Waals surface area contributed by atoms with Crippen molar-refractivity contribution >= 4 is 23.5 Å². The molecule has 4 nitrogen and oxygen atoms in total. The van der Waals surface area contributed by atoms with Gasteiger partial charge in [0.1, 0.15) is 5.82 Å². The first-order valence-corrected chi connectivity index (χ1v) is 7.20. The molecule has 106 valence electrons. The fraction of sp³-hybridized carbons (Fsp3) is 0.636. The minimum atomic E-state index is -4.51. The Morgan fingerprint density at radius 3 is 2.74 bits per heavy atom. The largest absolute Gasteiger partial charge is 0.433 e. The number of hydrogen-bond acceptors (Lipinski definition) is 5. The van der Waals surface area contributed by atoms with Crippen molar-refractivity contribution in [2.75, 3.05) is 17.3 Å². The Hall–Kier alpha value is -1.18. The van der Waals surface area contributed by atoms with E-state index in [4.69, 9.17) is 5.73 Å². The Kier molecular flexibility index (Phi) is 4.07. The van der Waals surface area contributed by atoms with Crippen LogP contribution in [0.4, 0.5) is 24.9 Å². The summed E-state index contributed by atoms with van der Waals surface area (Å²) >= 11 is 1.71. The molecule has 2 unspecified atom stereocenters. The molecular formula is C11H15F3N4S. The van der Waals surface area contributed by atoms with E-state index in [1.54, 1.807) is 11.8 Å². The summed E-state index contributed by atoms with van der Waals surface area (Å²) in [5, 5.41) is 3.44. The van der Waals surface area contributed by atoms with Gasteiger partial charge >= 0.3 is 6.18 Å². The van der Waals surface area contributed by atoms with Crippen LogP contribution in [0, 0.1) is 0 Å². The van der Waals surface area contributed by atoms with E-state index in [0.717, 1.165) is 25.3 Å². The van der Waals surface area contributed by atoms with E-state index in [1.807, 2.05) is 6.26 Å². The van der Waals surface area contributed by atoms with Crippen molar-refractivity contribution in [3.63, 3.8) is 0 Å². The lowest BCUT2D eigenvalue weighted by Crippen LogP contribution is -2.27. The standard InChI is InChI=1S/C11H15F3N4S/c1-19-7-4-2-3-6(7)16-9-5-8(11(12,13)14)17-10(15)18-9/h5-7H,2-4H2,1H3,(H3,15,16,17,18). The highest BCUT2D eigenvalue weighted by molar-refractivity contribution is 7.99. The van der Waals surface area contributed by atoms with Gasteiger partial charge in [-0.05, 0) is 19.1 Å². The van der Waals surface area contributed by atoms with Crippen LogP contribution in [0.2, 0.25) is 0 Å². The average molecular weight is 292 g/mol. The summed E-state index contributed by atoms with van der Waals surface area (Å²) in [6.07, 6.45) is 0.542. The number of anilines is 2. The monoisotopic (exact) mass is 292 g/mol. The normalized spacial score (nSPS) is 23.6. The lowest BCUT2D eigenvalue weighted by Gasteiger charge is -2.20. The van der Waals surface area contributed by atoms with E-state index in [0.29, 0.717) is 5.25 Å². The van der Waals surface area contributed by atoms with Crippen molar-refractivity contribution in [3.05, 3.63) is 11.8 Å². The number of nitrogens with zero attached hydrogens (tertiary/aromatic N) is 2. The predicted octanol–water partition coefficient (Wildman–Crippen LogP) is 2.77. The van der Waals surface area contributed by atoms with Crippen molar-refractivity contribution < 1.29 is 13.2 Å². The first-order chi connectivity index (χ1) is 8.90. The Labute approximate surface area is 113 Å². The first kappa shape index (κ1) is 14.2. The molecule has 1 saturated carbocycles. The maximum Gasteiger partial charge on any atom is 0.433 e. The third-order valence-electron chi connectivity index (χ3n) is 3.12. The van der Waals surface area contributed by atoms with Gasteiger partial charge in [0.05, 0.1) is 0 Å². The van der Waals surface area contributed by atoms with Crippen molar-refractivity contribution in [2.24, 2.45) is 0 Å². The van der Waals surface area contributed by atoms with E-state index >= 15 is 0 Å².